The van der Waals surface area contributed by atoms with E-state index in [1.165, 1.54) is 4.90 Å². The standard InChI is InChI=1S/C16H12N4O2/c17-8-15-14(11-1-4-18-5-2-11)7-13(9-19-15)12-3-6-20(10-12)16(21)22/h1-5,7,9H,6,10H2,(H,21,22). The lowest BCUT2D eigenvalue weighted by molar-refractivity contribution is 0.158. The summed E-state index contributed by atoms with van der Waals surface area (Å²) in [7, 11) is 0. The predicted octanol–water partition coefficient (Wildman–Crippen LogP) is 2.39. The molecule has 0 bridgehead atoms. The molecule has 0 aliphatic carbocycles. The lowest BCUT2D eigenvalue weighted by atomic mass is 10.0. The van der Waals surface area contributed by atoms with Gasteiger partial charge in [0.1, 0.15) is 11.8 Å². The molecule has 22 heavy (non-hydrogen) atoms. The first-order chi connectivity index (χ1) is 10.7. The molecule has 0 fully saturated rings. The number of pyridine rings is 2. The second-order valence-corrected chi connectivity index (χ2v) is 4.86. The van der Waals surface area contributed by atoms with Gasteiger partial charge in [0.2, 0.25) is 0 Å². The van der Waals surface area contributed by atoms with Gasteiger partial charge in [-0.3, -0.25) is 4.98 Å². The maximum absolute atomic E-state index is 11.0. The number of hydrogen-bond donors (Lipinski definition) is 1. The Morgan fingerprint density at radius 2 is 2.09 bits per heavy atom. The number of carboxylic acid groups (broad SMARTS) is 1. The highest BCUT2D eigenvalue weighted by Crippen LogP contribution is 2.27. The van der Waals surface area contributed by atoms with E-state index in [2.05, 4.69) is 16.0 Å². The van der Waals surface area contributed by atoms with E-state index in [0.29, 0.717) is 18.8 Å². The minimum Gasteiger partial charge on any atom is -0.465 e. The Bertz CT molecular complexity index is 794. The number of rotatable bonds is 2. The van der Waals surface area contributed by atoms with Gasteiger partial charge in [-0.2, -0.15) is 5.26 Å². The van der Waals surface area contributed by atoms with Crippen LogP contribution in [0.25, 0.3) is 16.7 Å². The van der Waals surface area contributed by atoms with Gasteiger partial charge in [0.25, 0.3) is 0 Å². The minimum absolute atomic E-state index is 0.332. The summed E-state index contributed by atoms with van der Waals surface area (Å²) in [6.45, 7) is 0.702. The number of hydrogen-bond acceptors (Lipinski definition) is 4. The van der Waals surface area contributed by atoms with E-state index in [-0.39, 0.29) is 0 Å². The Labute approximate surface area is 127 Å². The molecule has 1 amide bonds. The monoisotopic (exact) mass is 292 g/mol. The Balaban J connectivity index is 1.99. The summed E-state index contributed by atoms with van der Waals surface area (Å²) < 4.78 is 0. The topological polar surface area (TPSA) is 90.1 Å². The van der Waals surface area contributed by atoms with Gasteiger partial charge in [0, 0.05) is 37.2 Å². The van der Waals surface area contributed by atoms with Gasteiger partial charge >= 0.3 is 6.09 Å². The fourth-order valence-electron chi connectivity index (χ4n) is 2.39. The number of nitrogens with zero attached hydrogens (tertiary/aromatic N) is 4. The molecular formula is C16H12N4O2. The van der Waals surface area contributed by atoms with E-state index in [4.69, 9.17) is 5.11 Å². The molecule has 3 rings (SSSR count). The van der Waals surface area contributed by atoms with Crippen LogP contribution in [0.15, 0.2) is 42.9 Å². The van der Waals surface area contributed by atoms with Crippen molar-refractivity contribution in [2.45, 2.75) is 0 Å². The van der Waals surface area contributed by atoms with Crippen molar-refractivity contribution in [1.29, 1.82) is 5.26 Å². The number of aromatic nitrogens is 2. The molecule has 0 spiro atoms. The maximum atomic E-state index is 11.0. The fraction of sp³-hybridized carbons (Fsp3) is 0.125. The lowest BCUT2D eigenvalue weighted by Gasteiger charge is -2.12. The van der Waals surface area contributed by atoms with E-state index in [9.17, 15) is 10.1 Å². The Kier molecular flexibility index (Phi) is 3.54. The summed E-state index contributed by atoms with van der Waals surface area (Å²) in [5.41, 5.74) is 3.64. The van der Waals surface area contributed by atoms with Gasteiger partial charge in [-0.1, -0.05) is 6.08 Å². The molecule has 108 valence electrons. The highest BCUT2D eigenvalue weighted by atomic mass is 16.4. The van der Waals surface area contributed by atoms with Crippen LogP contribution in [0.4, 0.5) is 4.79 Å². The van der Waals surface area contributed by atoms with Crippen LogP contribution in [0.5, 0.6) is 0 Å². The number of carbonyl (C=O) groups is 1. The zero-order chi connectivity index (χ0) is 15.5. The molecular weight excluding hydrogens is 280 g/mol. The maximum Gasteiger partial charge on any atom is 0.407 e. The molecule has 6 heteroatoms. The van der Waals surface area contributed by atoms with Gasteiger partial charge in [-0.25, -0.2) is 9.78 Å². The van der Waals surface area contributed by atoms with Crippen LogP contribution in [0, 0.1) is 11.3 Å². The Morgan fingerprint density at radius 1 is 1.32 bits per heavy atom. The molecule has 0 aromatic carbocycles. The largest absolute Gasteiger partial charge is 0.465 e. The molecule has 3 heterocycles. The summed E-state index contributed by atoms with van der Waals surface area (Å²) in [5.74, 6) is 0. The zero-order valence-electron chi connectivity index (χ0n) is 11.6. The highest BCUT2D eigenvalue weighted by Gasteiger charge is 2.20. The normalized spacial score (nSPS) is 13.6. The van der Waals surface area contributed by atoms with E-state index < -0.39 is 6.09 Å². The van der Waals surface area contributed by atoms with Crippen LogP contribution >= 0.6 is 0 Å². The van der Waals surface area contributed by atoms with Crippen molar-refractivity contribution in [2.24, 2.45) is 0 Å². The quantitative estimate of drug-likeness (QED) is 0.917. The predicted molar refractivity (Wildman–Crippen MR) is 79.8 cm³/mol. The first-order valence-electron chi connectivity index (χ1n) is 6.67. The van der Waals surface area contributed by atoms with Crippen molar-refractivity contribution in [3.8, 4) is 17.2 Å². The third-order valence-electron chi connectivity index (χ3n) is 3.55. The van der Waals surface area contributed by atoms with Crippen LogP contribution in [0.3, 0.4) is 0 Å². The smallest absolute Gasteiger partial charge is 0.407 e. The molecule has 1 aliphatic heterocycles. The van der Waals surface area contributed by atoms with Gasteiger partial charge in [-0.15, -0.1) is 0 Å². The molecule has 0 saturated carbocycles. The average Bonchev–Trinajstić information content (AvgIpc) is 3.05. The van der Waals surface area contributed by atoms with Crippen LogP contribution < -0.4 is 0 Å². The summed E-state index contributed by atoms with van der Waals surface area (Å²) in [6, 6.07) is 7.58. The highest BCUT2D eigenvalue weighted by molar-refractivity contribution is 5.79. The summed E-state index contributed by atoms with van der Waals surface area (Å²) in [6.07, 6.45) is 5.85. The van der Waals surface area contributed by atoms with Crippen molar-refractivity contribution in [1.82, 2.24) is 14.9 Å². The van der Waals surface area contributed by atoms with Crippen molar-refractivity contribution >= 4 is 11.7 Å². The van der Waals surface area contributed by atoms with Crippen molar-refractivity contribution in [3.05, 3.63) is 54.1 Å². The third-order valence-corrected chi connectivity index (χ3v) is 3.55. The fourth-order valence-corrected chi connectivity index (χ4v) is 2.39. The molecule has 1 N–H and O–H groups in total. The summed E-state index contributed by atoms with van der Waals surface area (Å²) >= 11 is 0. The van der Waals surface area contributed by atoms with Crippen LogP contribution in [0.1, 0.15) is 11.3 Å². The number of nitriles is 1. The summed E-state index contributed by atoms with van der Waals surface area (Å²) in [4.78, 5) is 20.5. The van der Waals surface area contributed by atoms with Crippen LogP contribution in [0.2, 0.25) is 0 Å². The summed E-state index contributed by atoms with van der Waals surface area (Å²) in [5, 5.41) is 18.2. The molecule has 1 aliphatic rings. The average molecular weight is 292 g/mol. The van der Waals surface area contributed by atoms with Gasteiger partial charge < -0.3 is 10.0 Å². The van der Waals surface area contributed by atoms with Crippen molar-refractivity contribution in [3.63, 3.8) is 0 Å². The molecule has 0 radical (unpaired) electrons. The second kappa shape index (κ2) is 5.66. The van der Waals surface area contributed by atoms with E-state index >= 15 is 0 Å². The molecule has 2 aromatic heterocycles. The van der Waals surface area contributed by atoms with Crippen LogP contribution in [-0.2, 0) is 0 Å². The van der Waals surface area contributed by atoms with Crippen molar-refractivity contribution in [2.75, 3.05) is 13.1 Å². The molecule has 0 atom stereocenters. The van der Waals surface area contributed by atoms with Gasteiger partial charge in [-0.05, 0) is 34.9 Å². The third kappa shape index (κ3) is 2.52. The second-order valence-electron chi connectivity index (χ2n) is 4.86. The van der Waals surface area contributed by atoms with E-state index in [1.807, 2.05) is 24.3 Å². The van der Waals surface area contributed by atoms with Crippen LogP contribution in [-0.4, -0.2) is 39.2 Å². The molecule has 2 aromatic rings. The molecule has 6 nitrogen and oxygen atoms in total. The van der Waals surface area contributed by atoms with E-state index in [1.54, 1.807) is 18.6 Å². The molecule has 0 saturated heterocycles. The molecule has 0 unspecified atom stereocenters. The lowest BCUT2D eigenvalue weighted by Crippen LogP contribution is -2.26. The van der Waals surface area contributed by atoms with Crippen molar-refractivity contribution < 1.29 is 9.90 Å². The SMILES string of the molecule is N#Cc1ncc(C2=CCN(C(=O)O)C2)cc1-c1ccncc1. The van der Waals surface area contributed by atoms with E-state index in [0.717, 1.165) is 22.3 Å². The Hall–Kier alpha value is -3.20. The number of amides is 1. The van der Waals surface area contributed by atoms with Gasteiger partial charge in [0.05, 0.1) is 0 Å². The first-order valence-corrected chi connectivity index (χ1v) is 6.67. The Morgan fingerprint density at radius 3 is 2.73 bits per heavy atom. The minimum atomic E-state index is -0.942. The van der Waals surface area contributed by atoms with Gasteiger partial charge in [0.15, 0.2) is 0 Å². The first kappa shape index (κ1) is 13.8. The zero-order valence-corrected chi connectivity index (χ0v) is 11.6.